The summed E-state index contributed by atoms with van der Waals surface area (Å²) >= 11 is 3.11. The molecule has 0 spiro atoms. The molecule has 0 aliphatic carbocycles. The summed E-state index contributed by atoms with van der Waals surface area (Å²) in [5.41, 5.74) is 12.7. The molecule has 0 saturated heterocycles. The van der Waals surface area contributed by atoms with E-state index in [0.717, 1.165) is 19.5 Å². The van der Waals surface area contributed by atoms with Gasteiger partial charge in [0.05, 0.1) is 15.8 Å². The van der Waals surface area contributed by atoms with Crippen molar-refractivity contribution in [2.45, 2.75) is 9.24 Å². The molecule has 6 heteroatoms. The van der Waals surface area contributed by atoms with Crippen molar-refractivity contribution in [1.82, 2.24) is 4.98 Å². The molecule has 4 N–H and O–H groups in total. The highest BCUT2D eigenvalue weighted by molar-refractivity contribution is 8.01. The second-order valence-corrected chi connectivity index (χ2v) is 6.51. The topological polar surface area (TPSA) is 82.0 Å². The van der Waals surface area contributed by atoms with Crippen molar-refractivity contribution >= 4 is 44.9 Å². The number of nitrogens with two attached hydrogens (primary N) is 2. The lowest BCUT2D eigenvalue weighted by Crippen LogP contribution is -2.13. The molecule has 0 bridgehead atoms. The highest BCUT2D eigenvalue weighted by atomic mass is 32.2. The van der Waals surface area contributed by atoms with Gasteiger partial charge in [0.25, 0.3) is 5.91 Å². The molecule has 100 valence electrons. The van der Waals surface area contributed by atoms with Crippen molar-refractivity contribution in [2.75, 3.05) is 5.73 Å². The van der Waals surface area contributed by atoms with Gasteiger partial charge in [0.1, 0.15) is 0 Å². The first-order valence-corrected chi connectivity index (χ1v) is 7.49. The van der Waals surface area contributed by atoms with Crippen LogP contribution < -0.4 is 11.5 Å². The van der Waals surface area contributed by atoms with Gasteiger partial charge in [-0.2, -0.15) is 0 Å². The Balaban J connectivity index is 1.94. The Bertz CT molecular complexity index is 765. The number of anilines is 1. The first-order chi connectivity index (χ1) is 9.63. The number of carbonyl (C=O) groups is 1. The van der Waals surface area contributed by atoms with Crippen molar-refractivity contribution in [2.24, 2.45) is 5.73 Å². The summed E-state index contributed by atoms with van der Waals surface area (Å²) in [5.74, 6) is -0.519. The average Bonchev–Trinajstić information content (AvgIpc) is 2.82. The summed E-state index contributed by atoms with van der Waals surface area (Å²) in [6.45, 7) is 0. The normalized spacial score (nSPS) is 10.8. The Morgan fingerprint density at radius 2 is 2.00 bits per heavy atom. The van der Waals surface area contributed by atoms with Crippen LogP contribution in [0.25, 0.3) is 10.2 Å². The molecule has 0 aliphatic heterocycles. The number of nitrogen functional groups attached to an aromatic ring is 1. The minimum atomic E-state index is -0.519. The monoisotopic (exact) mass is 301 g/mol. The van der Waals surface area contributed by atoms with E-state index in [2.05, 4.69) is 4.98 Å². The average molecular weight is 301 g/mol. The van der Waals surface area contributed by atoms with Gasteiger partial charge in [-0.1, -0.05) is 23.9 Å². The van der Waals surface area contributed by atoms with Gasteiger partial charge in [0, 0.05) is 10.6 Å². The van der Waals surface area contributed by atoms with Crippen LogP contribution in [0, 0.1) is 0 Å². The lowest BCUT2D eigenvalue weighted by atomic mass is 10.2. The highest BCUT2D eigenvalue weighted by Crippen LogP contribution is 2.35. The standard InChI is InChI=1S/C14H11N3OS2/c15-10-6-5-8(7-9(10)13(16)18)19-14-17-11-3-1-2-4-12(11)20-14/h1-7H,15H2,(H2,16,18). The van der Waals surface area contributed by atoms with E-state index in [9.17, 15) is 4.79 Å². The molecular weight excluding hydrogens is 290 g/mol. The maximum absolute atomic E-state index is 11.3. The van der Waals surface area contributed by atoms with E-state index < -0.39 is 5.91 Å². The van der Waals surface area contributed by atoms with E-state index >= 15 is 0 Å². The van der Waals surface area contributed by atoms with Crippen molar-refractivity contribution in [3.05, 3.63) is 48.0 Å². The van der Waals surface area contributed by atoms with Crippen LogP contribution in [0.2, 0.25) is 0 Å². The molecule has 0 saturated carbocycles. The summed E-state index contributed by atoms with van der Waals surface area (Å²) in [5, 5.41) is 0. The largest absolute Gasteiger partial charge is 0.398 e. The number of hydrogen-bond acceptors (Lipinski definition) is 5. The minimum Gasteiger partial charge on any atom is -0.398 e. The molecular formula is C14H11N3OS2. The van der Waals surface area contributed by atoms with E-state index in [0.29, 0.717) is 11.3 Å². The number of rotatable bonds is 3. The summed E-state index contributed by atoms with van der Waals surface area (Å²) in [7, 11) is 0. The van der Waals surface area contributed by atoms with Crippen LogP contribution in [0.4, 0.5) is 5.69 Å². The Morgan fingerprint density at radius 1 is 1.20 bits per heavy atom. The van der Waals surface area contributed by atoms with E-state index in [1.165, 1.54) is 11.8 Å². The second-order valence-electron chi connectivity index (χ2n) is 4.16. The zero-order valence-corrected chi connectivity index (χ0v) is 12.0. The van der Waals surface area contributed by atoms with Crippen molar-refractivity contribution in [1.29, 1.82) is 0 Å². The second kappa shape index (κ2) is 5.15. The summed E-state index contributed by atoms with van der Waals surface area (Å²) in [6, 6.07) is 13.2. The molecule has 0 fully saturated rings. The molecule has 20 heavy (non-hydrogen) atoms. The maximum Gasteiger partial charge on any atom is 0.250 e. The SMILES string of the molecule is NC(=O)c1cc(Sc2nc3ccccc3s2)ccc1N. The fourth-order valence-corrected chi connectivity index (χ4v) is 3.89. The van der Waals surface area contributed by atoms with Gasteiger partial charge in [-0.25, -0.2) is 4.98 Å². The zero-order valence-electron chi connectivity index (χ0n) is 10.4. The molecule has 0 aliphatic rings. The lowest BCUT2D eigenvalue weighted by Gasteiger charge is -2.04. The van der Waals surface area contributed by atoms with Crippen molar-refractivity contribution < 1.29 is 4.79 Å². The third kappa shape index (κ3) is 2.48. The molecule has 4 nitrogen and oxygen atoms in total. The van der Waals surface area contributed by atoms with E-state index in [1.807, 2.05) is 30.3 Å². The Kier molecular flexibility index (Phi) is 3.33. The molecule has 0 atom stereocenters. The molecule has 3 rings (SSSR count). The van der Waals surface area contributed by atoms with Crippen LogP contribution in [-0.2, 0) is 0 Å². The Labute approximate surface area is 123 Å². The van der Waals surface area contributed by atoms with Gasteiger partial charge in [-0.05, 0) is 30.3 Å². The number of primary amides is 1. The lowest BCUT2D eigenvalue weighted by molar-refractivity contribution is 0.100. The molecule has 1 amide bonds. The first-order valence-electron chi connectivity index (χ1n) is 5.86. The number of hydrogen-bond donors (Lipinski definition) is 2. The minimum absolute atomic E-state index is 0.344. The fourth-order valence-electron chi connectivity index (χ4n) is 1.81. The van der Waals surface area contributed by atoms with Crippen LogP contribution in [0.1, 0.15) is 10.4 Å². The third-order valence-corrected chi connectivity index (χ3v) is 4.86. The van der Waals surface area contributed by atoms with Gasteiger partial charge in [0.15, 0.2) is 4.34 Å². The Morgan fingerprint density at radius 3 is 2.75 bits per heavy atom. The smallest absolute Gasteiger partial charge is 0.250 e. The number of amides is 1. The van der Waals surface area contributed by atoms with E-state index in [-0.39, 0.29) is 0 Å². The van der Waals surface area contributed by atoms with Gasteiger partial charge in [-0.3, -0.25) is 4.79 Å². The number of nitrogens with zero attached hydrogens (tertiary/aromatic N) is 1. The molecule has 0 radical (unpaired) electrons. The van der Waals surface area contributed by atoms with Gasteiger partial charge < -0.3 is 11.5 Å². The first kappa shape index (κ1) is 13.0. The summed E-state index contributed by atoms with van der Waals surface area (Å²) in [4.78, 5) is 16.7. The van der Waals surface area contributed by atoms with Gasteiger partial charge in [0.2, 0.25) is 0 Å². The number of carbonyl (C=O) groups excluding carboxylic acids is 1. The van der Waals surface area contributed by atoms with Crippen molar-refractivity contribution in [3.63, 3.8) is 0 Å². The number of aromatic nitrogens is 1. The van der Waals surface area contributed by atoms with Crippen LogP contribution in [0.3, 0.4) is 0 Å². The summed E-state index contributed by atoms with van der Waals surface area (Å²) in [6.07, 6.45) is 0. The zero-order chi connectivity index (χ0) is 14.1. The quantitative estimate of drug-likeness (QED) is 0.728. The van der Waals surface area contributed by atoms with Crippen molar-refractivity contribution in [3.8, 4) is 0 Å². The van der Waals surface area contributed by atoms with Crippen LogP contribution in [-0.4, -0.2) is 10.9 Å². The van der Waals surface area contributed by atoms with Crippen LogP contribution >= 0.6 is 23.1 Å². The number of para-hydroxylation sites is 1. The maximum atomic E-state index is 11.3. The predicted molar refractivity (Wildman–Crippen MR) is 83.1 cm³/mol. The highest BCUT2D eigenvalue weighted by Gasteiger charge is 2.10. The van der Waals surface area contributed by atoms with Gasteiger partial charge >= 0.3 is 0 Å². The number of fused-ring (bicyclic) bond motifs is 1. The van der Waals surface area contributed by atoms with E-state index in [4.69, 9.17) is 11.5 Å². The third-order valence-electron chi connectivity index (χ3n) is 2.77. The Hall–Kier alpha value is -2.05. The van der Waals surface area contributed by atoms with Gasteiger partial charge in [-0.15, -0.1) is 11.3 Å². The molecule has 3 aromatic rings. The van der Waals surface area contributed by atoms with Crippen LogP contribution in [0.15, 0.2) is 51.7 Å². The predicted octanol–water partition coefficient (Wildman–Crippen LogP) is 3.13. The van der Waals surface area contributed by atoms with Crippen LogP contribution in [0.5, 0.6) is 0 Å². The molecule has 1 aromatic heterocycles. The summed E-state index contributed by atoms with van der Waals surface area (Å²) < 4.78 is 2.06. The number of benzene rings is 2. The van der Waals surface area contributed by atoms with E-state index in [1.54, 1.807) is 23.5 Å². The molecule has 1 heterocycles. The molecule has 2 aromatic carbocycles. The fraction of sp³-hybridized carbons (Fsp3) is 0. The number of thiazole rings is 1. The molecule has 0 unspecified atom stereocenters.